The van der Waals surface area contributed by atoms with Crippen LogP contribution in [0, 0.1) is 0 Å². The number of aromatic nitrogens is 3. The minimum absolute atomic E-state index is 0.175. The Morgan fingerprint density at radius 1 is 1.11 bits per heavy atom. The third-order valence-electron chi connectivity index (χ3n) is 5.02. The third kappa shape index (κ3) is 4.55. The molecule has 1 saturated heterocycles. The lowest BCUT2D eigenvalue weighted by atomic mass is 10.0. The summed E-state index contributed by atoms with van der Waals surface area (Å²) in [6, 6.07) is 14.5. The number of rotatable bonds is 7. The number of nitrogens with zero attached hydrogens (tertiary/aromatic N) is 4. The Bertz CT molecular complexity index is 928. The van der Waals surface area contributed by atoms with Gasteiger partial charge in [0.25, 0.3) is 5.91 Å². The van der Waals surface area contributed by atoms with Crippen molar-refractivity contribution >= 4 is 16.7 Å². The van der Waals surface area contributed by atoms with Crippen LogP contribution < -0.4 is 5.32 Å². The van der Waals surface area contributed by atoms with Crippen LogP contribution in [0.2, 0.25) is 0 Å². The van der Waals surface area contributed by atoms with E-state index in [1.165, 1.54) is 10.8 Å². The van der Waals surface area contributed by atoms with Gasteiger partial charge < -0.3 is 10.1 Å². The molecule has 0 bridgehead atoms. The third-order valence-corrected chi connectivity index (χ3v) is 5.02. The van der Waals surface area contributed by atoms with Gasteiger partial charge in [0, 0.05) is 19.6 Å². The van der Waals surface area contributed by atoms with Crippen LogP contribution >= 0.6 is 0 Å². The molecule has 1 N–H and O–H groups in total. The molecule has 1 aliphatic heterocycles. The van der Waals surface area contributed by atoms with Gasteiger partial charge >= 0.3 is 0 Å². The Morgan fingerprint density at radius 3 is 2.82 bits per heavy atom. The summed E-state index contributed by atoms with van der Waals surface area (Å²) in [4.78, 5) is 14.7. The molecule has 3 aromatic rings. The summed E-state index contributed by atoms with van der Waals surface area (Å²) in [7, 11) is 0. The second kappa shape index (κ2) is 8.95. The first-order chi connectivity index (χ1) is 13.8. The minimum atomic E-state index is -0.175. The van der Waals surface area contributed by atoms with Crippen LogP contribution in [0.15, 0.2) is 48.7 Å². The fraction of sp³-hybridized carbons (Fsp3) is 0.381. The van der Waals surface area contributed by atoms with Crippen molar-refractivity contribution in [3.8, 4) is 0 Å². The average molecular weight is 379 g/mol. The summed E-state index contributed by atoms with van der Waals surface area (Å²) in [5.74, 6) is -0.175. The predicted molar refractivity (Wildman–Crippen MR) is 107 cm³/mol. The van der Waals surface area contributed by atoms with Gasteiger partial charge in [-0.3, -0.25) is 9.69 Å². The molecular weight excluding hydrogens is 354 g/mol. The van der Waals surface area contributed by atoms with Gasteiger partial charge in [-0.05, 0) is 29.3 Å². The van der Waals surface area contributed by atoms with E-state index in [4.69, 9.17) is 4.74 Å². The number of ether oxygens (including phenoxy) is 1. The number of fused-ring (bicyclic) bond motifs is 1. The molecule has 1 aliphatic rings. The lowest BCUT2D eigenvalue weighted by Gasteiger charge is -2.26. The zero-order chi connectivity index (χ0) is 19.2. The monoisotopic (exact) mass is 379 g/mol. The maximum atomic E-state index is 12.3. The molecule has 7 nitrogen and oxygen atoms in total. The number of carbonyl (C=O) groups is 1. The van der Waals surface area contributed by atoms with Gasteiger partial charge in [-0.15, -0.1) is 5.10 Å². The number of carbonyl (C=O) groups excluding carboxylic acids is 1. The summed E-state index contributed by atoms with van der Waals surface area (Å²) < 4.78 is 7.05. The summed E-state index contributed by atoms with van der Waals surface area (Å²) in [6.07, 6.45) is 2.62. The number of hydrogen-bond donors (Lipinski definition) is 1. The SMILES string of the molecule is O=C(NCCCN1CCOCC1)c1cn(Cc2cccc3ccccc23)nn1. The van der Waals surface area contributed by atoms with Crippen LogP contribution in [0.5, 0.6) is 0 Å². The second-order valence-corrected chi connectivity index (χ2v) is 7.00. The Morgan fingerprint density at radius 2 is 1.93 bits per heavy atom. The van der Waals surface area contributed by atoms with E-state index in [9.17, 15) is 4.79 Å². The van der Waals surface area contributed by atoms with Crippen LogP contribution in [0.1, 0.15) is 22.5 Å². The van der Waals surface area contributed by atoms with Gasteiger partial charge in [-0.1, -0.05) is 47.7 Å². The molecule has 2 aromatic carbocycles. The van der Waals surface area contributed by atoms with Crippen molar-refractivity contribution in [1.29, 1.82) is 0 Å². The smallest absolute Gasteiger partial charge is 0.273 e. The number of hydrogen-bond acceptors (Lipinski definition) is 5. The molecule has 0 radical (unpaired) electrons. The standard InChI is InChI=1S/C21H25N5O2/c27-21(22-9-4-10-25-11-13-28-14-12-25)20-16-26(24-23-20)15-18-7-3-6-17-5-1-2-8-19(17)18/h1-3,5-8,16H,4,9-15H2,(H,22,27). The summed E-state index contributed by atoms with van der Waals surface area (Å²) >= 11 is 0. The highest BCUT2D eigenvalue weighted by Crippen LogP contribution is 2.19. The Labute approximate surface area is 164 Å². The highest BCUT2D eigenvalue weighted by molar-refractivity contribution is 5.91. The van der Waals surface area contributed by atoms with E-state index in [-0.39, 0.29) is 5.91 Å². The van der Waals surface area contributed by atoms with Gasteiger partial charge in [0.15, 0.2) is 5.69 Å². The summed E-state index contributed by atoms with van der Waals surface area (Å²) in [6.45, 7) is 5.72. The van der Waals surface area contributed by atoms with Gasteiger partial charge in [0.2, 0.25) is 0 Å². The number of nitrogens with one attached hydrogen (secondary N) is 1. The Kier molecular flexibility index (Phi) is 5.94. The Hall–Kier alpha value is -2.77. The quantitative estimate of drug-likeness (QED) is 0.635. The molecule has 28 heavy (non-hydrogen) atoms. The van der Waals surface area contributed by atoms with Crippen LogP contribution in [-0.4, -0.2) is 65.2 Å². The van der Waals surface area contributed by atoms with Gasteiger partial charge in [0.1, 0.15) is 0 Å². The van der Waals surface area contributed by atoms with Crippen LogP contribution in [0.3, 0.4) is 0 Å². The lowest BCUT2D eigenvalue weighted by molar-refractivity contribution is 0.0374. The van der Waals surface area contributed by atoms with Crippen molar-refractivity contribution in [3.63, 3.8) is 0 Å². The van der Waals surface area contributed by atoms with Crippen LogP contribution in [-0.2, 0) is 11.3 Å². The van der Waals surface area contributed by atoms with E-state index in [2.05, 4.69) is 44.8 Å². The summed E-state index contributed by atoms with van der Waals surface area (Å²) in [5.41, 5.74) is 1.51. The Balaban J connectivity index is 1.30. The molecule has 7 heteroatoms. The van der Waals surface area contributed by atoms with Crippen molar-refractivity contribution < 1.29 is 9.53 Å². The summed E-state index contributed by atoms with van der Waals surface area (Å²) in [5, 5.41) is 13.5. The number of morpholine rings is 1. The molecule has 0 aliphatic carbocycles. The molecule has 0 saturated carbocycles. The van der Waals surface area contributed by atoms with Crippen molar-refractivity contribution in [2.45, 2.75) is 13.0 Å². The lowest BCUT2D eigenvalue weighted by Crippen LogP contribution is -2.38. The average Bonchev–Trinajstić information content (AvgIpc) is 3.21. The maximum absolute atomic E-state index is 12.3. The van der Waals surface area contributed by atoms with E-state index in [1.54, 1.807) is 10.9 Å². The minimum Gasteiger partial charge on any atom is -0.379 e. The molecule has 1 aromatic heterocycles. The van der Waals surface area contributed by atoms with E-state index < -0.39 is 0 Å². The molecule has 0 unspecified atom stereocenters. The second-order valence-electron chi connectivity index (χ2n) is 7.00. The highest BCUT2D eigenvalue weighted by Gasteiger charge is 2.12. The van der Waals surface area contributed by atoms with E-state index >= 15 is 0 Å². The number of amides is 1. The zero-order valence-corrected chi connectivity index (χ0v) is 15.9. The molecule has 1 fully saturated rings. The van der Waals surface area contributed by atoms with Gasteiger partial charge in [-0.2, -0.15) is 0 Å². The molecule has 0 atom stereocenters. The first-order valence-electron chi connectivity index (χ1n) is 9.75. The topological polar surface area (TPSA) is 72.3 Å². The van der Waals surface area contributed by atoms with Crippen LogP contribution in [0.25, 0.3) is 10.8 Å². The van der Waals surface area contributed by atoms with E-state index in [1.807, 2.05) is 18.2 Å². The molecule has 4 rings (SSSR count). The first-order valence-corrected chi connectivity index (χ1v) is 9.75. The zero-order valence-electron chi connectivity index (χ0n) is 15.9. The van der Waals surface area contributed by atoms with Gasteiger partial charge in [0.05, 0.1) is 26.0 Å². The van der Waals surface area contributed by atoms with Crippen molar-refractivity contribution in [3.05, 3.63) is 59.9 Å². The normalized spacial score (nSPS) is 15.0. The number of benzene rings is 2. The van der Waals surface area contributed by atoms with E-state index in [0.717, 1.165) is 44.8 Å². The predicted octanol–water partition coefficient (Wildman–Crippen LogP) is 1.93. The van der Waals surface area contributed by atoms with Crippen molar-refractivity contribution in [2.75, 3.05) is 39.4 Å². The highest BCUT2D eigenvalue weighted by atomic mass is 16.5. The largest absolute Gasteiger partial charge is 0.379 e. The molecule has 146 valence electrons. The van der Waals surface area contributed by atoms with Crippen molar-refractivity contribution in [2.24, 2.45) is 0 Å². The molecule has 0 spiro atoms. The first kappa shape index (κ1) is 18.6. The molecule has 1 amide bonds. The maximum Gasteiger partial charge on any atom is 0.273 e. The van der Waals surface area contributed by atoms with Crippen molar-refractivity contribution in [1.82, 2.24) is 25.2 Å². The fourth-order valence-corrected chi connectivity index (χ4v) is 3.50. The molecule has 2 heterocycles. The van der Waals surface area contributed by atoms with Gasteiger partial charge in [-0.25, -0.2) is 4.68 Å². The fourth-order valence-electron chi connectivity index (χ4n) is 3.50. The van der Waals surface area contributed by atoms with E-state index in [0.29, 0.717) is 18.8 Å². The molecular formula is C21H25N5O2. The van der Waals surface area contributed by atoms with Crippen LogP contribution in [0.4, 0.5) is 0 Å².